The summed E-state index contributed by atoms with van der Waals surface area (Å²) in [6.45, 7) is 11.3. The minimum atomic E-state index is -0.548. The van der Waals surface area contributed by atoms with Gasteiger partial charge in [-0.3, -0.25) is 4.79 Å². The van der Waals surface area contributed by atoms with Gasteiger partial charge in [0.1, 0.15) is 5.60 Å². The van der Waals surface area contributed by atoms with Gasteiger partial charge < -0.3 is 24.0 Å². The maximum atomic E-state index is 13.2. The molecular formula is C21H30N2O5. The average molecular weight is 390 g/mol. The van der Waals surface area contributed by atoms with Crippen molar-refractivity contribution in [2.75, 3.05) is 19.9 Å². The van der Waals surface area contributed by atoms with Crippen LogP contribution in [0.5, 0.6) is 11.5 Å². The minimum Gasteiger partial charge on any atom is -0.454 e. The van der Waals surface area contributed by atoms with E-state index in [-0.39, 0.29) is 30.8 Å². The van der Waals surface area contributed by atoms with Gasteiger partial charge in [-0.15, -0.1) is 0 Å². The molecular weight excluding hydrogens is 360 g/mol. The van der Waals surface area contributed by atoms with E-state index < -0.39 is 5.60 Å². The van der Waals surface area contributed by atoms with E-state index in [9.17, 15) is 9.59 Å². The zero-order valence-electron chi connectivity index (χ0n) is 17.4. The number of benzene rings is 1. The van der Waals surface area contributed by atoms with Crippen LogP contribution in [0.25, 0.3) is 0 Å². The van der Waals surface area contributed by atoms with Gasteiger partial charge in [0.25, 0.3) is 0 Å². The van der Waals surface area contributed by atoms with Gasteiger partial charge in [-0.2, -0.15) is 0 Å². The van der Waals surface area contributed by atoms with Crippen LogP contribution in [0.1, 0.15) is 46.6 Å². The van der Waals surface area contributed by atoms with Crippen LogP contribution in [0.4, 0.5) is 4.79 Å². The number of hydrogen-bond acceptors (Lipinski definition) is 5. The Bertz CT molecular complexity index is 743. The molecule has 0 aromatic heterocycles. The quantitative estimate of drug-likeness (QED) is 0.788. The fourth-order valence-electron chi connectivity index (χ4n) is 3.69. The predicted octanol–water partition coefficient (Wildman–Crippen LogP) is 3.41. The largest absolute Gasteiger partial charge is 0.454 e. The summed E-state index contributed by atoms with van der Waals surface area (Å²) in [4.78, 5) is 29.1. The average Bonchev–Trinajstić information content (AvgIpc) is 3.23. The van der Waals surface area contributed by atoms with Crippen molar-refractivity contribution in [3.05, 3.63) is 23.8 Å². The summed E-state index contributed by atoms with van der Waals surface area (Å²) >= 11 is 0. The van der Waals surface area contributed by atoms with E-state index in [4.69, 9.17) is 14.2 Å². The number of ether oxygens (including phenoxy) is 3. The lowest BCUT2D eigenvalue weighted by Gasteiger charge is -2.30. The zero-order valence-corrected chi connectivity index (χ0v) is 17.4. The molecule has 0 aliphatic carbocycles. The van der Waals surface area contributed by atoms with Gasteiger partial charge in [0.15, 0.2) is 11.5 Å². The summed E-state index contributed by atoms with van der Waals surface area (Å²) < 4.78 is 16.3. The number of rotatable bonds is 4. The molecule has 1 fully saturated rings. The Morgan fingerprint density at radius 2 is 1.96 bits per heavy atom. The highest BCUT2D eigenvalue weighted by molar-refractivity contribution is 5.81. The van der Waals surface area contributed by atoms with E-state index in [0.717, 1.165) is 11.3 Å². The summed E-state index contributed by atoms with van der Waals surface area (Å²) in [7, 11) is 0. The van der Waals surface area contributed by atoms with Crippen molar-refractivity contribution in [1.29, 1.82) is 0 Å². The topological polar surface area (TPSA) is 68.3 Å². The van der Waals surface area contributed by atoms with Crippen LogP contribution in [-0.4, -0.2) is 53.3 Å². The van der Waals surface area contributed by atoms with E-state index in [1.807, 2.05) is 57.7 Å². The molecule has 28 heavy (non-hydrogen) atoms. The molecule has 0 N–H and O–H groups in total. The van der Waals surface area contributed by atoms with Gasteiger partial charge in [0.05, 0.1) is 5.92 Å². The molecule has 154 valence electrons. The maximum Gasteiger partial charge on any atom is 0.410 e. The fraction of sp³-hybridized carbons (Fsp3) is 0.619. The van der Waals surface area contributed by atoms with Crippen molar-refractivity contribution in [3.63, 3.8) is 0 Å². The van der Waals surface area contributed by atoms with Crippen LogP contribution < -0.4 is 9.47 Å². The second-order valence-electron chi connectivity index (χ2n) is 8.35. The highest BCUT2D eigenvalue weighted by atomic mass is 16.7. The number of likely N-dealkylation sites (tertiary alicyclic amines) is 1. The second kappa shape index (κ2) is 7.89. The summed E-state index contributed by atoms with van der Waals surface area (Å²) in [6, 6.07) is 5.56. The van der Waals surface area contributed by atoms with E-state index in [0.29, 0.717) is 31.8 Å². The lowest BCUT2D eigenvalue weighted by atomic mass is 9.99. The maximum absolute atomic E-state index is 13.2. The van der Waals surface area contributed by atoms with Crippen LogP contribution in [0, 0.1) is 5.92 Å². The smallest absolute Gasteiger partial charge is 0.410 e. The first-order valence-corrected chi connectivity index (χ1v) is 9.86. The number of hydrogen-bond donors (Lipinski definition) is 0. The molecule has 1 aromatic rings. The first-order chi connectivity index (χ1) is 13.2. The monoisotopic (exact) mass is 390 g/mol. The summed E-state index contributed by atoms with van der Waals surface area (Å²) in [6.07, 6.45) is 0.297. The highest BCUT2D eigenvalue weighted by Crippen LogP contribution is 2.33. The SMILES string of the molecule is CCN(Cc1ccc2c(c1)OCO2)C(=O)[C@H]1CCN(C(=O)OC(C)(C)C)[C@@H]1C. The molecule has 1 saturated heterocycles. The molecule has 2 atom stereocenters. The Morgan fingerprint density at radius 3 is 2.64 bits per heavy atom. The first-order valence-electron chi connectivity index (χ1n) is 9.86. The molecule has 2 aliphatic heterocycles. The van der Waals surface area contributed by atoms with Crippen LogP contribution in [-0.2, 0) is 16.1 Å². The van der Waals surface area contributed by atoms with Gasteiger partial charge in [-0.1, -0.05) is 6.07 Å². The van der Waals surface area contributed by atoms with Crippen molar-refractivity contribution in [1.82, 2.24) is 9.80 Å². The Balaban J connectivity index is 1.65. The summed E-state index contributed by atoms with van der Waals surface area (Å²) in [5, 5.41) is 0. The molecule has 0 saturated carbocycles. The van der Waals surface area contributed by atoms with Gasteiger partial charge in [0, 0.05) is 25.7 Å². The Hall–Kier alpha value is -2.44. The third kappa shape index (κ3) is 4.34. The third-order valence-electron chi connectivity index (χ3n) is 5.20. The third-order valence-corrected chi connectivity index (χ3v) is 5.20. The number of carbonyl (C=O) groups is 2. The molecule has 0 unspecified atom stereocenters. The van der Waals surface area contributed by atoms with Gasteiger partial charge in [0.2, 0.25) is 12.7 Å². The van der Waals surface area contributed by atoms with Crippen molar-refractivity contribution >= 4 is 12.0 Å². The Labute approximate surface area is 166 Å². The van der Waals surface area contributed by atoms with Gasteiger partial charge in [-0.05, 0) is 58.7 Å². The van der Waals surface area contributed by atoms with Crippen LogP contribution in [0.2, 0.25) is 0 Å². The molecule has 7 nitrogen and oxygen atoms in total. The van der Waals surface area contributed by atoms with E-state index in [2.05, 4.69) is 0 Å². The lowest BCUT2D eigenvalue weighted by Crippen LogP contribution is -2.44. The molecule has 0 radical (unpaired) electrons. The number of fused-ring (bicyclic) bond motifs is 1. The molecule has 0 spiro atoms. The first kappa shape index (κ1) is 20.3. The normalized spacial score (nSPS) is 21.0. The van der Waals surface area contributed by atoms with Gasteiger partial charge >= 0.3 is 6.09 Å². The highest BCUT2D eigenvalue weighted by Gasteiger charge is 2.41. The summed E-state index contributed by atoms with van der Waals surface area (Å²) in [5.74, 6) is 1.29. The van der Waals surface area contributed by atoms with Crippen LogP contribution in [0.15, 0.2) is 18.2 Å². The zero-order chi connectivity index (χ0) is 20.5. The van der Waals surface area contributed by atoms with E-state index >= 15 is 0 Å². The molecule has 2 amide bonds. The molecule has 2 heterocycles. The number of amides is 2. The van der Waals surface area contributed by atoms with E-state index in [1.54, 1.807) is 4.90 Å². The Morgan fingerprint density at radius 1 is 1.25 bits per heavy atom. The lowest BCUT2D eigenvalue weighted by molar-refractivity contribution is -0.136. The standard InChI is InChI=1S/C21H30N2O5/c1-6-22(12-15-7-8-17-18(11-15)27-13-26-17)19(24)16-9-10-23(14(16)2)20(25)28-21(3,4)5/h7-8,11,14,16H,6,9-10,12-13H2,1-5H3/t14-,16+/m1/s1. The summed E-state index contributed by atoms with van der Waals surface area (Å²) in [5.41, 5.74) is 0.447. The molecule has 1 aromatic carbocycles. The van der Waals surface area contributed by atoms with Crippen molar-refractivity contribution in [3.8, 4) is 11.5 Å². The van der Waals surface area contributed by atoms with Crippen molar-refractivity contribution in [2.24, 2.45) is 5.92 Å². The van der Waals surface area contributed by atoms with Gasteiger partial charge in [-0.25, -0.2) is 4.79 Å². The van der Waals surface area contributed by atoms with Crippen LogP contribution >= 0.6 is 0 Å². The van der Waals surface area contributed by atoms with E-state index in [1.165, 1.54) is 0 Å². The van der Waals surface area contributed by atoms with Crippen LogP contribution in [0.3, 0.4) is 0 Å². The molecule has 2 aliphatic rings. The molecule has 0 bridgehead atoms. The van der Waals surface area contributed by atoms with Crippen molar-refractivity contribution < 1.29 is 23.8 Å². The second-order valence-corrected chi connectivity index (χ2v) is 8.35. The fourth-order valence-corrected chi connectivity index (χ4v) is 3.69. The number of carbonyl (C=O) groups excluding carboxylic acids is 2. The Kier molecular flexibility index (Phi) is 5.72. The number of nitrogens with zero attached hydrogens (tertiary/aromatic N) is 2. The minimum absolute atomic E-state index is 0.0683. The predicted molar refractivity (Wildman–Crippen MR) is 104 cm³/mol. The molecule has 3 rings (SSSR count). The van der Waals surface area contributed by atoms with Crippen molar-refractivity contribution in [2.45, 2.75) is 59.2 Å². The molecule has 7 heteroatoms.